The minimum Gasteiger partial charge on any atom is -0.357 e. The predicted octanol–water partition coefficient (Wildman–Crippen LogP) is 0.385. The van der Waals surface area contributed by atoms with Crippen LogP contribution in [-0.4, -0.2) is 26.1 Å². The van der Waals surface area contributed by atoms with Crippen LogP contribution in [0.2, 0.25) is 0 Å². The molecule has 0 unspecified atom stereocenters. The van der Waals surface area contributed by atoms with Crippen LogP contribution in [0.4, 0.5) is 5.95 Å². The van der Waals surface area contributed by atoms with Crippen molar-refractivity contribution in [3.8, 4) is 0 Å². The van der Waals surface area contributed by atoms with E-state index in [-0.39, 0.29) is 5.91 Å². The van der Waals surface area contributed by atoms with Gasteiger partial charge in [0.05, 0.1) is 0 Å². The Morgan fingerprint density at radius 3 is 3.08 bits per heavy atom. The molecule has 0 saturated carbocycles. The fraction of sp³-hybridized carbons (Fsp3) is 0. The van der Waals surface area contributed by atoms with Gasteiger partial charge >= 0.3 is 0 Å². The highest BCUT2D eigenvalue weighted by atomic mass is 16.2. The van der Waals surface area contributed by atoms with E-state index < -0.39 is 0 Å². The Morgan fingerprint density at radius 2 is 2.46 bits per heavy atom. The minimum absolute atomic E-state index is 0.248. The number of nitrogens with one attached hydrogen (secondary N) is 3. The zero-order chi connectivity index (χ0) is 9.10. The first kappa shape index (κ1) is 7.53. The van der Waals surface area contributed by atoms with E-state index in [9.17, 15) is 4.79 Å². The summed E-state index contributed by atoms with van der Waals surface area (Å²) in [6.45, 7) is 0. The molecule has 0 radical (unpaired) electrons. The van der Waals surface area contributed by atoms with Gasteiger partial charge in [-0.1, -0.05) is 0 Å². The normalized spacial score (nSPS) is 9.85. The molecule has 2 aromatic heterocycles. The molecule has 6 heteroatoms. The SMILES string of the molecule is O=C(Nc1ncn[nH]1)c1ccc[nH]1. The fourth-order valence-electron chi connectivity index (χ4n) is 0.912. The topological polar surface area (TPSA) is 86.5 Å². The quantitative estimate of drug-likeness (QED) is 0.620. The van der Waals surface area contributed by atoms with Crippen LogP contribution in [0, 0.1) is 0 Å². The summed E-state index contributed by atoms with van der Waals surface area (Å²) in [4.78, 5) is 17.9. The maximum absolute atomic E-state index is 11.3. The van der Waals surface area contributed by atoms with Gasteiger partial charge in [0.2, 0.25) is 5.95 Å². The number of H-pyrrole nitrogens is 2. The highest BCUT2D eigenvalue weighted by molar-refractivity contribution is 6.01. The maximum atomic E-state index is 11.3. The van der Waals surface area contributed by atoms with E-state index in [1.807, 2.05) is 0 Å². The Balaban J connectivity index is 2.08. The smallest absolute Gasteiger partial charge is 0.274 e. The van der Waals surface area contributed by atoms with Gasteiger partial charge in [0.15, 0.2) is 0 Å². The van der Waals surface area contributed by atoms with Crippen LogP contribution in [0.1, 0.15) is 10.5 Å². The van der Waals surface area contributed by atoms with Gasteiger partial charge in [-0.15, -0.1) is 0 Å². The molecule has 1 amide bonds. The molecule has 0 bridgehead atoms. The van der Waals surface area contributed by atoms with Crippen molar-refractivity contribution in [1.29, 1.82) is 0 Å². The third-order valence-electron chi connectivity index (χ3n) is 1.49. The molecular formula is C7H7N5O. The number of rotatable bonds is 2. The van der Waals surface area contributed by atoms with Crippen molar-refractivity contribution < 1.29 is 4.79 Å². The van der Waals surface area contributed by atoms with Crippen molar-refractivity contribution in [3.63, 3.8) is 0 Å². The first-order valence-electron chi connectivity index (χ1n) is 3.66. The zero-order valence-electron chi connectivity index (χ0n) is 6.61. The molecule has 0 aliphatic heterocycles. The molecule has 0 spiro atoms. The second-order valence-corrected chi connectivity index (χ2v) is 2.37. The molecule has 6 nitrogen and oxygen atoms in total. The lowest BCUT2D eigenvalue weighted by Crippen LogP contribution is -2.13. The Hall–Kier alpha value is -2.11. The number of nitrogens with zero attached hydrogens (tertiary/aromatic N) is 2. The molecule has 0 fully saturated rings. The molecule has 13 heavy (non-hydrogen) atoms. The van der Waals surface area contributed by atoms with Crippen molar-refractivity contribution in [2.45, 2.75) is 0 Å². The van der Waals surface area contributed by atoms with E-state index in [0.717, 1.165) is 0 Å². The summed E-state index contributed by atoms with van der Waals surface area (Å²) in [5, 5.41) is 8.64. The van der Waals surface area contributed by atoms with Crippen molar-refractivity contribution in [1.82, 2.24) is 20.2 Å². The summed E-state index contributed by atoms with van der Waals surface area (Å²) in [5.41, 5.74) is 0.483. The average Bonchev–Trinajstić information content (AvgIpc) is 2.74. The number of aromatic nitrogens is 4. The second kappa shape index (κ2) is 3.10. The average molecular weight is 177 g/mol. The number of hydrogen-bond donors (Lipinski definition) is 3. The van der Waals surface area contributed by atoms with Gasteiger partial charge in [-0.3, -0.25) is 10.1 Å². The van der Waals surface area contributed by atoms with Crippen LogP contribution in [0.5, 0.6) is 0 Å². The first-order valence-corrected chi connectivity index (χ1v) is 3.66. The lowest BCUT2D eigenvalue weighted by Gasteiger charge is -1.96. The largest absolute Gasteiger partial charge is 0.357 e. The van der Waals surface area contributed by atoms with Crippen molar-refractivity contribution in [2.24, 2.45) is 0 Å². The summed E-state index contributed by atoms with van der Waals surface area (Å²) in [7, 11) is 0. The van der Waals surface area contributed by atoms with Crippen LogP contribution >= 0.6 is 0 Å². The number of hydrogen-bond acceptors (Lipinski definition) is 3. The third kappa shape index (κ3) is 1.56. The van der Waals surface area contributed by atoms with Gasteiger partial charge in [0.25, 0.3) is 5.91 Å². The predicted molar refractivity (Wildman–Crippen MR) is 45.1 cm³/mol. The molecule has 66 valence electrons. The van der Waals surface area contributed by atoms with Gasteiger partial charge in [-0.2, -0.15) is 10.1 Å². The Kier molecular flexibility index (Phi) is 1.79. The van der Waals surface area contributed by atoms with Gasteiger partial charge in [-0.25, -0.2) is 5.10 Å². The van der Waals surface area contributed by atoms with Crippen molar-refractivity contribution in [2.75, 3.05) is 5.32 Å². The van der Waals surface area contributed by atoms with E-state index >= 15 is 0 Å². The zero-order valence-corrected chi connectivity index (χ0v) is 6.61. The summed E-state index contributed by atoms with van der Waals surface area (Å²) in [6, 6.07) is 3.42. The van der Waals surface area contributed by atoms with Crippen LogP contribution in [0.25, 0.3) is 0 Å². The summed E-state index contributed by atoms with van der Waals surface area (Å²) >= 11 is 0. The molecule has 0 saturated heterocycles. The second-order valence-electron chi connectivity index (χ2n) is 2.37. The van der Waals surface area contributed by atoms with Gasteiger partial charge in [0.1, 0.15) is 12.0 Å². The van der Waals surface area contributed by atoms with Crippen LogP contribution < -0.4 is 5.32 Å². The molecule has 0 atom stereocenters. The first-order chi connectivity index (χ1) is 6.36. The number of anilines is 1. The standard InChI is InChI=1S/C7H7N5O/c13-6(5-2-1-3-8-5)11-7-9-4-10-12-7/h1-4,8H,(H2,9,10,11,12,13). The van der Waals surface area contributed by atoms with E-state index in [0.29, 0.717) is 11.6 Å². The molecule has 0 aromatic carbocycles. The molecule has 2 rings (SSSR count). The van der Waals surface area contributed by atoms with E-state index in [2.05, 4.69) is 25.5 Å². The highest BCUT2D eigenvalue weighted by Crippen LogP contribution is 1.99. The number of aromatic amines is 2. The Labute approximate surface area is 73.4 Å². The van der Waals surface area contributed by atoms with Crippen LogP contribution in [0.3, 0.4) is 0 Å². The van der Waals surface area contributed by atoms with Crippen molar-refractivity contribution >= 4 is 11.9 Å². The maximum Gasteiger partial charge on any atom is 0.274 e. The fourth-order valence-corrected chi connectivity index (χ4v) is 0.912. The Morgan fingerprint density at radius 1 is 1.54 bits per heavy atom. The summed E-state index contributed by atoms with van der Waals surface area (Å²) in [6.07, 6.45) is 3.00. The minimum atomic E-state index is -0.248. The number of amides is 1. The van der Waals surface area contributed by atoms with Gasteiger partial charge < -0.3 is 4.98 Å². The monoisotopic (exact) mass is 177 g/mol. The molecule has 0 aliphatic rings. The van der Waals surface area contributed by atoms with Gasteiger partial charge in [-0.05, 0) is 12.1 Å². The lowest BCUT2D eigenvalue weighted by molar-refractivity contribution is 0.102. The van der Waals surface area contributed by atoms with Gasteiger partial charge in [0, 0.05) is 6.20 Å². The molecule has 0 aliphatic carbocycles. The molecule has 2 heterocycles. The molecule has 2 aromatic rings. The lowest BCUT2D eigenvalue weighted by atomic mass is 10.4. The van der Waals surface area contributed by atoms with Crippen LogP contribution in [0.15, 0.2) is 24.7 Å². The third-order valence-corrected chi connectivity index (χ3v) is 1.49. The van der Waals surface area contributed by atoms with Crippen molar-refractivity contribution in [3.05, 3.63) is 30.4 Å². The summed E-state index contributed by atoms with van der Waals surface area (Å²) in [5.74, 6) is 0.0846. The van der Waals surface area contributed by atoms with E-state index in [1.165, 1.54) is 6.33 Å². The Bertz CT molecular complexity index is 377. The van der Waals surface area contributed by atoms with E-state index in [4.69, 9.17) is 0 Å². The molecular weight excluding hydrogens is 170 g/mol. The molecule has 3 N–H and O–H groups in total. The van der Waals surface area contributed by atoms with E-state index in [1.54, 1.807) is 18.3 Å². The number of carbonyl (C=O) groups is 1. The van der Waals surface area contributed by atoms with Crippen LogP contribution in [-0.2, 0) is 0 Å². The summed E-state index contributed by atoms with van der Waals surface area (Å²) < 4.78 is 0. The highest BCUT2D eigenvalue weighted by Gasteiger charge is 2.06. The number of carbonyl (C=O) groups excluding carboxylic acids is 1.